The van der Waals surface area contributed by atoms with Crippen molar-refractivity contribution < 1.29 is 50.3 Å². The van der Waals surface area contributed by atoms with Gasteiger partial charge in [-0.05, 0) is 0 Å². The maximum atomic E-state index is 10.7. The van der Waals surface area contributed by atoms with E-state index in [1.165, 1.54) is 0 Å². The van der Waals surface area contributed by atoms with Gasteiger partial charge in [-0.3, -0.25) is 0 Å². The summed E-state index contributed by atoms with van der Waals surface area (Å²) in [5.41, 5.74) is -5.35. The van der Waals surface area contributed by atoms with Gasteiger partial charge in [0.1, 0.15) is 36.6 Å². The Morgan fingerprint density at radius 1 is 0.909 bits per heavy atom. The summed E-state index contributed by atoms with van der Waals surface area (Å²) >= 11 is 0. The predicted octanol–water partition coefficient (Wildman–Crippen LogP) is -5.33. The third-order valence-electron chi connectivity index (χ3n) is 4.52. The monoisotopic (exact) mass is 326 g/mol. The highest BCUT2D eigenvalue weighted by atomic mass is 16.6. The molecule has 8 N–H and O–H groups in total. The molecule has 10 nitrogen and oxygen atoms in total. The number of aliphatic hydroxyl groups is 8. The SMILES string of the molecule is OC[C@H]1OC[C@](O)([C@]2(O)[C@H](O)[C@@H](O)CO[C@@H]2CO)[C@@H](O)[C@H]1O. The molecular weight excluding hydrogens is 304 g/mol. The van der Waals surface area contributed by atoms with Crippen LogP contribution in [0.5, 0.6) is 0 Å². The summed E-state index contributed by atoms with van der Waals surface area (Å²) in [6, 6.07) is 0. The van der Waals surface area contributed by atoms with Gasteiger partial charge in [-0.25, -0.2) is 0 Å². The second-order valence-electron chi connectivity index (χ2n) is 5.73. The third-order valence-corrected chi connectivity index (χ3v) is 4.52. The molecule has 22 heavy (non-hydrogen) atoms. The molecule has 0 spiro atoms. The van der Waals surface area contributed by atoms with Gasteiger partial charge in [0.05, 0.1) is 26.4 Å². The van der Waals surface area contributed by atoms with E-state index in [-0.39, 0.29) is 0 Å². The first-order chi connectivity index (χ1) is 10.2. The normalized spacial score (nSPS) is 53.5. The lowest BCUT2D eigenvalue weighted by Gasteiger charge is -2.56. The second kappa shape index (κ2) is 6.24. The molecule has 10 heteroatoms. The first-order valence-electron chi connectivity index (χ1n) is 6.86. The summed E-state index contributed by atoms with van der Waals surface area (Å²) in [7, 11) is 0. The molecule has 2 fully saturated rings. The Balaban J connectivity index is 2.40. The van der Waals surface area contributed by atoms with Crippen LogP contribution in [0.3, 0.4) is 0 Å². The van der Waals surface area contributed by atoms with Crippen LogP contribution in [-0.4, -0.2) is 115 Å². The molecule has 0 amide bonds. The Kier molecular flexibility index (Phi) is 5.09. The van der Waals surface area contributed by atoms with Gasteiger partial charge in [0.15, 0.2) is 11.2 Å². The van der Waals surface area contributed by atoms with Crippen LogP contribution in [0.1, 0.15) is 0 Å². The van der Waals surface area contributed by atoms with Gasteiger partial charge in [-0.15, -0.1) is 0 Å². The molecule has 0 saturated carbocycles. The molecule has 0 aliphatic carbocycles. The summed E-state index contributed by atoms with van der Waals surface area (Å²) < 4.78 is 10.0. The fourth-order valence-corrected chi connectivity index (χ4v) is 3.06. The van der Waals surface area contributed by atoms with Crippen LogP contribution in [0.2, 0.25) is 0 Å². The van der Waals surface area contributed by atoms with Gasteiger partial charge in [0.2, 0.25) is 0 Å². The van der Waals surface area contributed by atoms with Crippen LogP contribution in [-0.2, 0) is 9.47 Å². The van der Waals surface area contributed by atoms with Crippen LogP contribution in [0, 0.1) is 0 Å². The first-order valence-corrected chi connectivity index (χ1v) is 6.86. The lowest BCUT2D eigenvalue weighted by molar-refractivity contribution is -0.359. The predicted molar refractivity (Wildman–Crippen MR) is 67.6 cm³/mol. The molecule has 0 aromatic heterocycles. The van der Waals surface area contributed by atoms with E-state index in [1.807, 2.05) is 0 Å². The molecule has 0 radical (unpaired) electrons. The van der Waals surface area contributed by atoms with Crippen LogP contribution in [0.15, 0.2) is 0 Å². The standard InChI is InChI=1S/C12H22O10/c13-1-6-8(16)10(18)11(19,4-22-6)12(20)7(2-14)21-3-5(15)9(12)17/h5-10,13-20H,1-4H2/t5-,6+,7+,8-,9+,10-,11+,12+/m0/s1. The summed E-state index contributed by atoms with van der Waals surface area (Å²) in [5, 5.41) is 79.5. The zero-order valence-corrected chi connectivity index (χ0v) is 11.7. The van der Waals surface area contributed by atoms with Crippen molar-refractivity contribution in [1.82, 2.24) is 0 Å². The van der Waals surface area contributed by atoms with E-state index in [1.54, 1.807) is 0 Å². The van der Waals surface area contributed by atoms with Crippen LogP contribution in [0.4, 0.5) is 0 Å². The van der Waals surface area contributed by atoms with Crippen molar-refractivity contribution >= 4 is 0 Å². The molecule has 0 aromatic rings. The van der Waals surface area contributed by atoms with E-state index in [2.05, 4.69) is 0 Å². The Bertz CT molecular complexity index is 390. The molecular formula is C12H22O10. The third kappa shape index (κ3) is 2.36. The molecule has 130 valence electrons. The minimum atomic E-state index is -2.71. The number of rotatable bonds is 3. The van der Waals surface area contributed by atoms with Crippen molar-refractivity contribution in [3.8, 4) is 0 Å². The minimum Gasteiger partial charge on any atom is -0.394 e. The van der Waals surface area contributed by atoms with Crippen molar-refractivity contribution in [3.05, 3.63) is 0 Å². The Morgan fingerprint density at radius 2 is 1.55 bits per heavy atom. The van der Waals surface area contributed by atoms with Gasteiger partial charge in [0, 0.05) is 0 Å². The highest BCUT2D eigenvalue weighted by molar-refractivity contribution is 5.18. The molecule has 2 heterocycles. The van der Waals surface area contributed by atoms with E-state index in [0.29, 0.717) is 0 Å². The van der Waals surface area contributed by atoms with Gasteiger partial charge >= 0.3 is 0 Å². The average Bonchev–Trinajstić information content (AvgIpc) is 2.50. The van der Waals surface area contributed by atoms with Gasteiger partial charge in [-0.1, -0.05) is 0 Å². The van der Waals surface area contributed by atoms with Gasteiger partial charge in [-0.2, -0.15) is 0 Å². The summed E-state index contributed by atoms with van der Waals surface area (Å²) in [6.45, 7) is -2.63. The van der Waals surface area contributed by atoms with Crippen LogP contribution >= 0.6 is 0 Å². The highest BCUT2D eigenvalue weighted by Crippen LogP contribution is 2.41. The fourth-order valence-electron chi connectivity index (χ4n) is 3.06. The summed E-state index contributed by atoms with van der Waals surface area (Å²) in [6.07, 6.45) is -10.1. The highest BCUT2D eigenvalue weighted by Gasteiger charge is 2.68. The van der Waals surface area contributed by atoms with Crippen LogP contribution in [0.25, 0.3) is 0 Å². The number of ether oxygens (including phenoxy) is 2. The Hall–Kier alpha value is -0.400. The molecule has 8 atom stereocenters. The smallest absolute Gasteiger partial charge is 0.155 e. The van der Waals surface area contributed by atoms with Crippen molar-refractivity contribution in [2.75, 3.05) is 26.4 Å². The fraction of sp³-hybridized carbons (Fsp3) is 1.00. The molecule has 0 aromatic carbocycles. The maximum absolute atomic E-state index is 10.7. The van der Waals surface area contributed by atoms with E-state index >= 15 is 0 Å². The maximum Gasteiger partial charge on any atom is 0.155 e. The second-order valence-corrected chi connectivity index (χ2v) is 5.73. The molecule has 0 unspecified atom stereocenters. The zero-order valence-electron chi connectivity index (χ0n) is 11.7. The van der Waals surface area contributed by atoms with E-state index < -0.39 is 74.3 Å². The quantitative estimate of drug-likeness (QED) is 0.249. The molecule has 2 saturated heterocycles. The Labute approximate surface area is 125 Å². The first kappa shape index (κ1) is 17.9. The van der Waals surface area contributed by atoms with Gasteiger partial charge < -0.3 is 50.3 Å². The van der Waals surface area contributed by atoms with Crippen molar-refractivity contribution in [2.45, 2.75) is 47.8 Å². The molecule has 0 bridgehead atoms. The lowest BCUT2D eigenvalue weighted by atomic mass is 9.67. The average molecular weight is 326 g/mol. The summed E-state index contributed by atoms with van der Waals surface area (Å²) in [4.78, 5) is 0. The summed E-state index contributed by atoms with van der Waals surface area (Å²) in [5.74, 6) is 0. The molecule has 2 aliphatic rings. The molecule has 2 rings (SSSR count). The minimum absolute atomic E-state index is 0.399. The molecule has 2 aliphatic heterocycles. The van der Waals surface area contributed by atoms with Crippen molar-refractivity contribution in [1.29, 1.82) is 0 Å². The number of aliphatic hydroxyl groups excluding tert-OH is 6. The lowest BCUT2D eigenvalue weighted by Crippen LogP contribution is -2.81. The zero-order chi connectivity index (χ0) is 16.7. The topological polar surface area (TPSA) is 180 Å². The Morgan fingerprint density at radius 3 is 2.09 bits per heavy atom. The van der Waals surface area contributed by atoms with E-state index in [9.17, 15) is 35.7 Å². The number of hydrogen-bond donors (Lipinski definition) is 8. The number of hydrogen-bond acceptors (Lipinski definition) is 10. The van der Waals surface area contributed by atoms with E-state index in [4.69, 9.17) is 14.6 Å². The van der Waals surface area contributed by atoms with E-state index in [0.717, 1.165) is 0 Å². The largest absolute Gasteiger partial charge is 0.394 e. The van der Waals surface area contributed by atoms with Crippen LogP contribution < -0.4 is 0 Å². The van der Waals surface area contributed by atoms with Crippen molar-refractivity contribution in [3.63, 3.8) is 0 Å². The van der Waals surface area contributed by atoms with Crippen molar-refractivity contribution in [2.24, 2.45) is 0 Å². The van der Waals surface area contributed by atoms with Gasteiger partial charge in [0.25, 0.3) is 0 Å².